The van der Waals surface area contributed by atoms with E-state index in [2.05, 4.69) is 11.8 Å². The highest BCUT2D eigenvalue weighted by Crippen LogP contribution is 2.18. The molecule has 0 aliphatic carbocycles. The van der Waals surface area contributed by atoms with Crippen LogP contribution in [0, 0.1) is 5.92 Å². The molecule has 4 nitrogen and oxygen atoms in total. The van der Waals surface area contributed by atoms with Crippen molar-refractivity contribution in [3.63, 3.8) is 0 Å². The molecule has 0 radical (unpaired) electrons. The van der Waals surface area contributed by atoms with Crippen LogP contribution in [-0.4, -0.2) is 48.8 Å². The summed E-state index contributed by atoms with van der Waals surface area (Å²) in [4.78, 5) is 13.9. The monoisotopic (exact) mass is 453 g/mol. The molecule has 0 aromatic carbocycles. The number of ether oxygens (including phenoxy) is 1. The molecular formula is C28H55NO3. The van der Waals surface area contributed by atoms with E-state index in [1.165, 1.54) is 109 Å². The zero-order valence-corrected chi connectivity index (χ0v) is 21.5. The second-order valence-corrected chi connectivity index (χ2v) is 10.1. The van der Waals surface area contributed by atoms with Gasteiger partial charge in [0.25, 0.3) is 0 Å². The first-order valence-electron chi connectivity index (χ1n) is 14.3. The van der Waals surface area contributed by atoms with Crippen LogP contribution >= 0.6 is 0 Å². The van der Waals surface area contributed by atoms with E-state index in [0.29, 0.717) is 0 Å². The lowest BCUT2D eigenvalue weighted by molar-refractivity contribution is -0.142. The number of morpholine rings is 1. The number of rotatable bonds is 23. The molecule has 1 unspecified atom stereocenters. The van der Waals surface area contributed by atoms with Gasteiger partial charge in [-0.1, -0.05) is 122 Å². The van der Waals surface area contributed by atoms with Gasteiger partial charge in [-0.15, -0.1) is 0 Å². The maximum Gasteiger partial charge on any atom is 0.306 e. The van der Waals surface area contributed by atoms with Crippen LogP contribution in [0.4, 0.5) is 0 Å². The quantitative estimate of drug-likeness (QED) is 0.160. The van der Waals surface area contributed by atoms with Gasteiger partial charge in [0, 0.05) is 13.1 Å². The van der Waals surface area contributed by atoms with Gasteiger partial charge in [0.2, 0.25) is 0 Å². The van der Waals surface area contributed by atoms with Crippen molar-refractivity contribution in [2.45, 2.75) is 135 Å². The van der Waals surface area contributed by atoms with E-state index < -0.39 is 5.97 Å². The van der Waals surface area contributed by atoms with Crippen molar-refractivity contribution in [2.24, 2.45) is 5.92 Å². The molecule has 0 amide bonds. The third-order valence-electron chi connectivity index (χ3n) is 7.15. The molecule has 32 heavy (non-hydrogen) atoms. The molecule has 1 atom stereocenters. The number of hydrogen-bond acceptors (Lipinski definition) is 3. The molecule has 0 spiro atoms. The number of hydrogen-bond donors (Lipinski definition) is 1. The summed E-state index contributed by atoms with van der Waals surface area (Å²) in [6, 6.07) is 0. The lowest BCUT2D eigenvalue weighted by Crippen LogP contribution is -2.38. The standard InChI is InChI=1S/C28H55NO3/c1-2-3-4-5-6-7-8-9-10-11-12-13-14-15-16-17-18-19-20-27(28(30)31)21-22-29-23-25-32-26-24-29/h27H,2-26H2,1H3,(H,30,31). The molecule has 0 saturated carbocycles. The van der Waals surface area contributed by atoms with Gasteiger partial charge >= 0.3 is 5.97 Å². The maximum atomic E-state index is 11.5. The van der Waals surface area contributed by atoms with E-state index in [1.54, 1.807) is 0 Å². The van der Waals surface area contributed by atoms with Gasteiger partial charge in [0.15, 0.2) is 0 Å². The van der Waals surface area contributed by atoms with Gasteiger partial charge in [-0.2, -0.15) is 0 Å². The van der Waals surface area contributed by atoms with Gasteiger partial charge in [-0.05, 0) is 19.4 Å². The predicted octanol–water partition coefficient (Wildman–Crippen LogP) is 7.84. The molecule has 190 valence electrons. The van der Waals surface area contributed by atoms with Crippen LogP contribution in [0.3, 0.4) is 0 Å². The minimum Gasteiger partial charge on any atom is -0.481 e. The number of carbonyl (C=O) groups is 1. The molecule has 1 aliphatic rings. The van der Waals surface area contributed by atoms with Gasteiger partial charge < -0.3 is 9.84 Å². The van der Waals surface area contributed by atoms with Crippen LogP contribution in [0.5, 0.6) is 0 Å². The average Bonchev–Trinajstić information content (AvgIpc) is 2.80. The van der Waals surface area contributed by atoms with Crippen LogP contribution in [0.2, 0.25) is 0 Å². The predicted molar refractivity (Wildman–Crippen MR) is 136 cm³/mol. The fourth-order valence-electron chi connectivity index (χ4n) is 4.85. The Balaban J connectivity index is 1.81. The summed E-state index contributed by atoms with van der Waals surface area (Å²) < 4.78 is 5.37. The molecule has 0 aromatic rings. The highest BCUT2D eigenvalue weighted by Gasteiger charge is 2.19. The van der Waals surface area contributed by atoms with Gasteiger partial charge in [0.05, 0.1) is 19.1 Å². The first kappa shape index (κ1) is 29.4. The summed E-state index contributed by atoms with van der Waals surface area (Å²) in [5, 5.41) is 9.50. The Hall–Kier alpha value is -0.610. The highest BCUT2D eigenvalue weighted by atomic mass is 16.5. The van der Waals surface area contributed by atoms with E-state index in [-0.39, 0.29) is 5.92 Å². The SMILES string of the molecule is CCCCCCCCCCCCCCCCCCCCC(CCN1CCOCC1)C(=O)O. The average molecular weight is 454 g/mol. The lowest BCUT2D eigenvalue weighted by Gasteiger charge is -2.27. The molecule has 1 saturated heterocycles. The van der Waals surface area contributed by atoms with Crippen LogP contribution in [0.25, 0.3) is 0 Å². The topological polar surface area (TPSA) is 49.8 Å². The smallest absolute Gasteiger partial charge is 0.306 e. The molecule has 0 aromatic heterocycles. The largest absolute Gasteiger partial charge is 0.481 e. The van der Waals surface area contributed by atoms with E-state index in [1.807, 2.05) is 0 Å². The molecule has 1 aliphatic heterocycles. The van der Waals surface area contributed by atoms with Crippen molar-refractivity contribution in [2.75, 3.05) is 32.8 Å². The van der Waals surface area contributed by atoms with E-state index in [9.17, 15) is 9.90 Å². The highest BCUT2D eigenvalue weighted by molar-refractivity contribution is 5.69. The van der Waals surface area contributed by atoms with E-state index >= 15 is 0 Å². The first-order valence-corrected chi connectivity index (χ1v) is 14.3. The summed E-state index contributed by atoms with van der Waals surface area (Å²) in [6.07, 6.45) is 26.4. The van der Waals surface area contributed by atoms with Crippen LogP contribution < -0.4 is 0 Å². The Morgan fingerprint density at radius 2 is 1.09 bits per heavy atom. The fourth-order valence-corrected chi connectivity index (χ4v) is 4.85. The molecule has 0 bridgehead atoms. The molecule has 1 fully saturated rings. The molecule has 1 rings (SSSR count). The first-order chi connectivity index (χ1) is 15.7. The normalized spacial score (nSPS) is 15.8. The number of carboxylic acids is 1. The number of carboxylic acid groups (broad SMARTS) is 1. The molecule has 4 heteroatoms. The summed E-state index contributed by atoms with van der Waals surface area (Å²) in [5.41, 5.74) is 0. The lowest BCUT2D eigenvalue weighted by atomic mass is 9.96. The van der Waals surface area contributed by atoms with Gasteiger partial charge in [-0.25, -0.2) is 0 Å². The third-order valence-corrected chi connectivity index (χ3v) is 7.15. The third kappa shape index (κ3) is 17.9. The number of nitrogens with zero attached hydrogens (tertiary/aromatic N) is 1. The van der Waals surface area contributed by atoms with Gasteiger partial charge in [0.1, 0.15) is 0 Å². The summed E-state index contributed by atoms with van der Waals surface area (Å²) in [6.45, 7) is 6.67. The van der Waals surface area contributed by atoms with Crippen molar-refractivity contribution in [1.82, 2.24) is 4.90 Å². The van der Waals surface area contributed by atoms with Crippen LogP contribution in [0.15, 0.2) is 0 Å². The zero-order chi connectivity index (χ0) is 23.1. The summed E-state index contributed by atoms with van der Waals surface area (Å²) in [5.74, 6) is -0.774. The van der Waals surface area contributed by atoms with Crippen LogP contribution in [0.1, 0.15) is 135 Å². The Morgan fingerprint density at radius 3 is 1.50 bits per heavy atom. The van der Waals surface area contributed by atoms with Crippen molar-refractivity contribution in [3.05, 3.63) is 0 Å². The second kappa shape index (κ2) is 22.2. The van der Waals surface area contributed by atoms with Gasteiger partial charge in [-0.3, -0.25) is 9.69 Å². The summed E-state index contributed by atoms with van der Waals surface area (Å²) >= 11 is 0. The Labute approximate surface area is 199 Å². The Bertz CT molecular complexity index is 409. The Kier molecular flexibility index (Phi) is 20.4. The summed E-state index contributed by atoms with van der Waals surface area (Å²) in [7, 11) is 0. The second-order valence-electron chi connectivity index (χ2n) is 10.1. The number of unbranched alkanes of at least 4 members (excludes halogenated alkanes) is 17. The fraction of sp³-hybridized carbons (Fsp3) is 0.964. The van der Waals surface area contributed by atoms with Crippen molar-refractivity contribution >= 4 is 5.97 Å². The minimum atomic E-state index is -0.606. The van der Waals surface area contributed by atoms with Crippen molar-refractivity contribution < 1.29 is 14.6 Å². The minimum absolute atomic E-state index is 0.168. The molecule has 1 heterocycles. The number of aliphatic carboxylic acids is 1. The van der Waals surface area contributed by atoms with E-state index in [0.717, 1.165) is 52.1 Å². The molecular weight excluding hydrogens is 398 g/mol. The Morgan fingerprint density at radius 1 is 0.688 bits per heavy atom. The van der Waals surface area contributed by atoms with Crippen molar-refractivity contribution in [3.8, 4) is 0 Å². The van der Waals surface area contributed by atoms with Crippen LogP contribution in [-0.2, 0) is 9.53 Å². The zero-order valence-electron chi connectivity index (χ0n) is 21.5. The van der Waals surface area contributed by atoms with E-state index in [4.69, 9.17) is 4.74 Å². The molecule has 1 N–H and O–H groups in total. The maximum absolute atomic E-state index is 11.5. The van der Waals surface area contributed by atoms with Crippen molar-refractivity contribution in [1.29, 1.82) is 0 Å².